The van der Waals surface area contributed by atoms with Gasteiger partial charge < -0.3 is 0 Å². The second-order valence-electron chi connectivity index (χ2n) is 5.83. The van der Waals surface area contributed by atoms with Crippen LogP contribution in [0.25, 0.3) is 0 Å². The third-order valence-corrected chi connectivity index (χ3v) is 7.03. The Morgan fingerprint density at radius 1 is 0.708 bits per heavy atom. The summed E-state index contributed by atoms with van der Waals surface area (Å²) in [4.78, 5) is 0. The second kappa shape index (κ2) is 8.24. The number of nitrogens with zero attached hydrogens (tertiary/aromatic N) is 1. The molecule has 0 saturated carbocycles. The molecule has 1 nitrogen and oxygen atoms in total. The summed E-state index contributed by atoms with van der Waals surface area (Å²) in [6.45, 7) is 5.60. The molecule has 0 saturated heterocycles. The summed E-state index contributed by atoms with van der Waals surface area (Å²) in [6.07, 6.45) is 0. The van der Waals surface area contributed by atoms with Crippen molar-refractivity contribution >= 4 is 18.7 Å². The van der Waals surface area contributed by atoms with E-state index < -0.39 is 8.07 Å². The molecule has 0 aliphatic heterocycles. The van der Waals surface area contributed by atoms with Crippen LogP contribution in [-0.2, 0) is 0 Å². The van der Waals surface area contributed by atoms with E-state index in [-0.39, 0.29) is 0 Å². The summed E-state index contributed by atoms with van der Waals surface area (Å²) in [5.41, 5.74) is 1.37. The highest BCUT2D eigenvalue weighted by Gasteiger charge is 2.26. The van der Waals surface area contributed by atoms with Gasteiger partial charge in [0.25, 0.3) is 0 Å². The van der Waals surface area contributed by atoms with Crippen molar-refractivity contribution in [2.75, 3.05) is 6.54 Å². The van der Waals surface area contributed by atoms with Crippen molar-refractivity contribution in [2.24, 2.45) is 0 Å². The molecule has 122 valence electrons. The zero-order valence-electron chi connectivity index (χ0n) is 14.3. The Kier molecular flexibility index (Phi) is 5.80. The maximum Gasteiger partial charge on any atom is 0.0362 e. The van der Waals surface area contributed by atoms with E-state index in [1.165, 1.54) is 16.2 Å². The standard InChI is InChI=1S/C22H24NP/c1-3-23(19(2)20-13-7-4-8-14-20)24(21-15-9-5-10-16-21)22-17-11-6-12-18-22/h4-19H,3H2,1-2H3/t19-/m0/s1. The van der Waals surface area contributed by atoms with Crippen molar-refractivity contribution in [1.82, 2.24) is 4.67 Å². The molecular formula is C22H24NP. The molecule has 0 radical (unpaired) electrons. The summed E-state index contributed by atoms with van der Waals surface area (Å²) in [5.74, 6) is 0. The molecule has 0 N–H and O–H groups in total. The van der Waals surface area contributed by atoms with Crippen molar-refractivity contribution < 1.29 is 0 Å². The first-order chi connectivity index (χ1) is 11.8. The molecule has 0 aliphatic carbocycles. The van der Waals surface area contributed by atoms with E-state index in [0.717, 1.165) is 6.54 Å². The van der Waals surface area contributed by atoms with Gasteiger partial charge in [-0.05, 0) is 23.1 Å². The molecule has 0 heterocycles. The van der Waals surface area contributed by atoms with Crippen LogP contribution in [0.4, 0.5) is 0 Å². The highest BCUT2D eigenvalue weighted by molar-refractivity contribution is 7.70. The lowest BCUT2D eigenvalue weighted by Crippen LogP contribution is -2.30. The first-order valence-corrected chi connectivity index (χ1v) is 9.82. The Balaban J connectivity index is 2.03. The van der Waals surface area contributed by atoms with Gasteiger partial charge >= 0.3 is 0 Å². The zero-order valence-corrected chi connectivity index (χ0v) is 15.2. The lowest BCUT2D eigenvalue weighted by Gasteiger charge is -2.36. The third-order valence-electron chi connectivity index (χ3n) is 4.31. The van der Waals surface area contributed by atoms with E-state index in [1.807, 2.05) is 0 Å². The van der Waals surface area contributed by atoms with E-state index in [4.69, 9.17) is 0 Å². The Morgan fingerprint density at radius 2 is 1.12 bits per heavy atom. The lowest BCUT2D eigenvalue weighted by atomic mass is 10.1. The molecule has 0 amide bonds. The Labute approximate surface area is 146 Å². The predicted octanol–water partition coefficient (Wildman–Crippen LogP) is 5.12. The van der Waals surface area contributed by atoms with E-state index in [0.29, 0.717) is 6.04 Å². The van der Waals surface area contributed by atoms with Crippen LogP contribution >= 0.6 is 8.07 Å². The van der Waals surface area contributed by atoms with Gasteiger partial charge in [-0.1, -0.05) is 97.9 Å². The lowest BCUT2D eigenvalue weighted by molar-refractivity contribution is 0.392. The Bertz CT molecular complexity index is 688. The van der Waals surface area contributed by atoms with Crippen molar-refractivity contribution in [3.63, 3.8) is 0 Å². The molecule has 0 aromatic heterocycles. The number of benzene rings is 3. The van der Waals surface area contributed by atoms with Gasteiger partial charge in [0.2, 0.25) is 0 Å². The smallest absolute Gasteiger partial charge is 0.0362 e. The average Bonchev–Trinajstić information content (AvgIpc) is 2.67. The highest BCUT2D eigenvalue weighted by Crippen LogP contribution is 2.44. The van der Waals surface area contributed by atoms with Crippen molar-refractivity contribution in [3.8, 4) is 0 Å². The minimum absolute atomic E-state index is 0.378. The van der Waals surface area contributed by atoms with Crippen LogP contribution in [0.2, 0.25) is 0 Å². The Hall–Kier alpha value is -1.95. The minimum Gasteiger partial charge on any atom is -0.268 e. The molecule has 0 aliphatic rings. The predicted molar refractivity (Wildman–Crippen MR) is 106 cm³/mol. The summed E-state index contributed by atoms with van der Waals surface area (Å²) >= 11 is 0. The topological polar surface area (TPSA) is 3.24 Å². The number of rotatable bonds is 6. The normalized spacial score (nSPS) is 12.5. The van der Waals surface area contributed by atoms with Crippen LogP contribution in [0.5, 0.6) is 0 Å². The summed E-state index contributed by atoms with van der Waals surface area (Å²) in [5, 5.41) is 2.81. The van der Waals surface area contributed by atoms with Gasteiger partial charge in [0, 0.05) is 20.7 Å². The van der Waals surface area contributed by atoms with Crippen LogP contribution in [0.15, 0.2) is 91.0 Å². The third kappa shape index (κ3) is 3.75. The summed E-state index contributed by atoms with van der Waals surface area (Å²) in [6, 6.07) is 33.0. The van der Waals surface area contributed by atoms with Gasteiger partial charge in [-0.15, -0.1) is 0 Å². The molecule has 2 heteroatoms. The fourth-order valence-corrected chi connectivity index (χ4v) is 5.64. The maximum atomic E-state index is 2.63. The molecule has 3 rings (SSSR count). The van der Waals surface area contributed by atoms with Crippen LogP contribution in [0.3, 0.4) is 0 Å². The summed E-state index contributed by atoms with van der Waals surface area (Å²) < 4.78 is 2.63. The van der Waals surface area contributed by atoms with Crippen molar-refractivity contribution in [2.45, 2.75) is 19.9 Å². The van der Waals surface area contributed by atoms with Crippen LogP contribution in [0.1, 0.15) is 25.5 Å². The van der Waals surface area contributed by atoms with Gasteiger partial charge in [-0.25, -0.2) is 0 Å². The largest absolute Gasteiger partial charge is 0.268 e. The van der Waals surface area contributed by atoms with Gasteiger partial charge in [-0.3, -0.25) is 4.67 Å². The highest BCUT2D eigenvalue weighted by atomic mass is 31.1. The van der Waals surface area contributed by atoms with Gasteiger partial charge in [0.1, 0.15) is 0 Å². The second-order valence-corrected chi connectivity index (χ2v) is 8.00. The molecule has 24 heavy (non-hydrogen) atoms. The van der Waals surface area contributed by atoms with Crippen molar-refractivity contribution in [1.29, 1.82) is 0 Å². The molecule has 0 fully saturated rings. The van der Waals surface area contributed by atoms with Gasteiger partial charge in [-0.2, -0.15) is 0 Å². The first-order valence-electron chi connectivity index (χ1n) is 8.53. The van der Waals surface area contributed by atoms with E-state index in [2.05, 4.69) is 110 Å². The van der Waals surface area contributed by atoms with E-state index in [1.54, 1.807) is 0 Å². The average molecular weight is 333 g/mol. The minimum atomic E-state index is -0.544. The SMILES string of the molecule is CCN([C@@H](C)c1ccccc1)P(c1ccccc1)c1ccccc1. The molecule has 1 atom stereocenters. The zero-order chi connectivity index (χ0) is 16.8. The molecule has 0 bridgehead atoms. The van der Waals surface area contributed by atoms with Crippen LogP contribution in [0, 0.1) is 0 Å². The van der Waals surface area contributed by atoms with Crippen LogP contribution in [-0.4, -0.2) is 11.2 Å². The Morgan fingerprint density at radius 3 is 1.54 bits per heavy atom. The van der Waals surface area contributed by atoms with E-state index >= 15 is 0 Å². The van der Waals surface area contributed by atoms with Gasteiger partial charge in [0.05, 0.1) is 0 Å². The molecule has 0 unspecified atom stereocenters. The molecule has 3 aromatic carbocycles. The first kappa shape index (κ1) is 16.9. The number of hydrogen-bond donors (Lipinski definition) is 0. The maximum absolute atomic E-state index is 2.63. The summed E-state index contributed by atoms with van der Waals surface area (Å²) in [7, 11) is -0.544. The molecule has 0 spiro atoms. The van der Waals surface area contributed by atoms with Crippen molar-refractivity contribution in [3.05, 3.63) is 96.6 Å². The van der Waals surface area contributed by atoms with Crippen LogP contribution < -0.4 is 10.6 Å². The van der Waals surface area contributed by atoms with E-state index in [9.17, 15) is 0 Å². The fraction of sp³-hybridized carbons (Fsp3) is 0.182. The van der Waals surface area contributed by atoms with Gasteiger partial charge in [0.15, 0.2) is 0 Å². The molecule has 3 aromatic rings. The number of hydrogen-bond acceptors (Lipinski definition) is 1. The fourth-order valence-electron chi connectivity index (χ4n) is 3.08. The monoisotopic (exact) mass is 333 g/mol. The quantitative estimate of drug-likeness (QED) is 0.566. The molecular weight excluding hydrogens is 309 g/mol.